The van der Waals surface area contributed by atoms with E-state index in [-0.39, 0.29) is 45.0 Å². The van der Waals surface area contributed by atoms with Crippen LogP contribution in [-0.2, 0) is 14.8 Å². The lowest BCUT2D eigenvalue weighted by molar-refractivity contribution is -0.122. The number of anilines is 3. The van der Waals surface area contributed by atoms with E-state index < -0.39 is 27.9 Å². The topological polar surface area (TPSA) is 125 Å². The summed E-state index contributed by atoms with van der Waals surface area (Å²) in [6.45, 7) is 5.51. The van der Waals surface area contributed by atoms with Gasteiger partial charge >= 0.3 is 0 Å². The first kappa shape index (κ1) is 32.3. The van der Waals surface area contributed by atoms with Gasteiger partial charge in [0.15, 0.2) is 6.10 Å². The molecule has 13 heteroatoms. The third-order valence-corrected chi connectivity index (χ3v) is 8.96. The van der Waals surface area contributed by atoms with Gasteiger partial charge in [0.05, 0.1) is 37.9 Å². The van der Waals surface area contributed by atoms with Crippen LogP contribution in [0.3, 0.4) is 0 Å². The first-order chi connectivity index (χ1) is 19.4. The largest absolute Gasteiger partial charge is 0.506 e. The fourth-order valence-electron chi connectivity index (χ4n) is 3.75. The molecule has 3 N–H and O–H groups in total. The molecular formula is C28H30Cl3N3O6S. The smallest absolute Gasteiger partial charge is 0.265 e. The molecule has 2 amide bonds. The highest BCUT2D eigenvalue weighted by molar-refractivity contribution is 7.92. The predicted octanol–water partition coefficient (Wildman–Crippen LogP) is 6.97. The van der Waals surface area contributed by atoms with Crippen molar-refractivity contribution in [2.75, 3.05) is 27.2 Å². The zero-order chi connectivity index (χ0) is 30.3. The number of hydrogen-bond acceptors (Lipinski definition) is 6. The Kier molecular flexibility index (Phi) is 11.1. The van der Waals surface area contributed by atoms with Crippen molar-refractivity contribution in [2.45, 2.75) is 39.7 Å². The van der Waals surface area contributed by atoms with Crippen molar-refractivity contribution >= 4 is 73.7 Å². The van der Waals surface area contributed by atoms with Crippen LogP contribution in [-0.4, -0.2) is 43.7 Å². The molecule has 0 saturated carbocycles. The van der Waals surface area contributed by atoms with E-state index >= 15 is 0 Å². The van der Waals surface area contributed by atoms with Crippen LogP contribution in [0.4, 0.5) is 17.1 Å². The van der Waals surface area contributed by atoms with Crippen LogP contribution in [0.15, 0.2) is 54.6 Å². The minimum Gasteiger partial charge on any atom is -0.506 e. The van der Waals surface area contributed by atoms with E-state index in [1.54, 1.807) is 31.2 Å². The number of unbranched alkanes of at least 4 members (excludes halogenated alkanes) is 1. The van der Waals surface area contributed by atoms with E-state index in [2.05, 4.69) is 10.6 Å². The standard InChI is InChI=1S/C28H30Cl3N3O6S/c1-4-6-13-41(38,39)34(5-2)19-8-10-20(11-9-19)40-17(3)27(36)32-24-16-26(35)25(15-23(24)31)33-28(37)18-7-12-21(29)22(30)14-18/h7-12,14-17,35H,4-6,13H2,1-3H3,(H,32,36)(H,33,37). The highest BCUT2D eigenvalue weighted by atomic mass is 35.5. The maximum Gasteiger partial charge on any atom is 0.265 e. The highest BCUT2D eigenvalue weighted by Gasteiger charge is 2.22. The third-order valence-electron chi connectivity index (χ3n) is 5.96. The van der Waals surface area contributed by atoms with Gasteiger partial charge in [-0.1, -0.05) is 48.1 Å². The number of aromatic hydroxyl groups is 1. The Labute approximate surface area is 254 Å². The van der Waals surface area contributed by atoms with Crippen LogP contribution in [0.25, 0.3) is 0 Å². The van der Waals surface area contributed by atoms with Gasteiger partial charge in [0.2, 0.25) is 10.0 Å². The number of nitrogens with one attached hydrogen (secondary N) is 2. The molecule has 0 spiro atoms. The molecule has 3 aromatic carbocycles. The summed E-state index contributed by atoms with van der Waals surface area (Å²) >= 11 is 18.2. The van der Waals surface area contributed by atoms with Crippen molar-refractivity contribution in [3.63, 3.8) is 0 Å². The lowest BCUT2D eigenvalue weighted by atomic mass is 10.2. The van der Waals surface area contributed by atoms with Crippen molar-refractivity contribution in [1.82, 2.24) is 0 Å². The Morgan fingerprint density at radius 2 is 1.61 bits per heavy atom. The summed E-state index contributed by atoms with van der Waals surface area (Å²) in [6.07, 6.45) is 0.378. The van der Waals surface area contributed by atoms with Gasteiger partial charge in [0.1, 0.15) is 11.5 Å². The zero-order valence-corrected chi connectivity index (χ0v) is 25.7. The summed E-state index contributed by atoms with van der Waals surface area (Å²) < 4.78 is 32.3. The van der Waals surface area contributed by atoms with Gasteiger partial charge in [-0.25, -0.2) is 8.42 Å². The van der Waals surface area contributed by atoms with Gasteiger partial charge in [-0.05, 0) is 68.8 Å². The fourth-order valence-corrected chi connectivity index (χ4v) is 5.97. The molecule has 0 bridgehead atoms. The molecule has 9 nitrogen and oxygen atoms in total. The average molecular weight is 643 g/mol. The number of amides is 2. The molecule has 0 aliphatic rings. The number of carbonyl (C=O) groups excluding carboxylic acids is 2. The van der Waals surface area contributed by atoms with Gasteiger partial charge in [-0.2, -0.15) is 0 Å². The number of nitrogens with zero attached hydrogens (tertiary/aromatic N) is 1. The second kappa shape index (κ2) is 14.1. The SMILES string of the molecule is CCCCS(=O)(=O)N(CC)c1ccc(OC(C)C(=O)Nc2cc(O)c(NC(=O)c3ccc(Cl)c(Cl)c3)cc2Cl)cc1. The van der Waals surface area contributed by atoms with Crippen LogP contribution < -0.4 is 19.7 Å². The lowest BCUT2D eigenvalue weighted by Gasteiger charge is -2.23. The normalized spacial score (nSPS) is 12.0. The van der Waals surface area contributed by atoms with E-state index in [9.17, 15) is 23.1 Å². The Morgan fingerprint density at radius 1 is 0.927 bits per heavy atom. The summed E-state index contributed by atoms with van der Waals surface area (Å²) in [4.78, 5) is 25.3. The molecule has 1 atom stereocenters. The number of rotatable bonds is 12. The summed E-state index contributed by atoms with van der Waals surface area (Å²) in [5, 5.41) is 16.1. The van der Waals surface area contributed by atoms with Gasteiger partial charge in [0, 0.05) is 18.2 Å². The number of hydrogen-bond donors (Lipinski definition) is 3. The van der Waals surface area contributed by atoms with Crippen LogP contribution >= 0.6 is 34.8 Å². The van der Waals surface area contributed by atoms with Gasteiger partial charge < -0.3 is 20.5 Å². The molecule has 0 fully saturated rings. The van der Waals surface area contributed by atoms with Crippen molar-refractivity contribution in [3.05, 3.63) is 75.2 Å². The number of sulfonamides is 1. The van der Waals surface area contributed by atoms with Gasteiger partial charge in [-0.3, -0.25) is 13.9 Å². The minimum atomic E-state index is -3.44. The maximum atomic E-state index is 12.8. The van der Waals surface area contributed by atoms with E-state index in [4.69, 9.17) is 39.5 Å². The number of phenols is 1. The highest BCUT2D eigenvalue weighted by Crippen LogP contribution is 2.35. The van der Waals surface area contributed by atoms with Crippen LogP contribution in [0.1, 0.15) is 44.0 Å². The Hall–Kier alpha value is -3.18. The lowest BCUT2D eigenvalue weighted by Crippen LogP contribution is -2.33. The van der Waals surface area contributed by atoms with Crippen molar-refractivity contribution in [2.24, 2.45) is 0 Å². The molecule has 1 unspecified atom stereocenters. The Bertz CT molecular complexity index is 1520. The number of benzene rings is 3. The predicted molar refractivity (Wildman–Crippen MR) is 164 cm³/mol. The molecule has 0 aliphatic heterocycles. The van der Waals surface area contributed by atoms with E-state index in [1.165, 1.54) is 41.6 Å². The van der Waals surface area contributed by atoms with Crippen molar-refractivity contribution in [1.29, 1.82) is 0 Å². The Morgan fingerprint density at radius 3 is 2.22 bits per heavy atom. The number of carbonyl (C=O) groups is 2. The number of halogens is 3. The summed E-state index contributed by atoms with van der Waals surface area (Å²) in [5.74, 6) is -1.03. The van der Waals surface area contributed by atoms with Gasteiger partial charge in [0.25, 0.3) is 11.8 Å². The monoisotopic (exact) mass is 641 g/mol. The molecule has 3 rings (SSSR count). The second-order valence-corrected chi connectivity index (χ2v) is 12.2. The molecule has 3 aromatic rings. The molecule has 41 heavy (non-hydrogen) atoms. The first-order valence-corrected chi connectivity index (χ1v) is 15.5. The molecule has 0 saturated heterocycles. The summed E-state index contributed by atoms with van der Waals surface area (Å²) in [6, 6.07) is 13.2. The van der Waals surface area contributed by atoms with Crippen LogP contribution in [0, 0.1) is 0 Å². The summed E-state index contributed by atoms with van der Waals surface area (Å²) in [5.41, 5.74) is 0.836. The van der Waals surface area contributed by atoms with E-state index in [0.717, 1.165) is 6.42 Å². The van der Waals surface area contributed by atoms with E-state index in [0.29, 0.717) is 22.9 Å². The number of ether oxygens (including phenoxy) is 1. The number of phenolic OH excluding ortho intramolecular Hbond substituents is 1. The molecule has 0 radical (unpaired) electrons. The van der Waals surface area contributed by atoms with Crippen molar-refractivity contribution < 1.29 is 27.9 Å². The molecule has 0 heterocycles. The van der Waals surface area contributed by atoms with Gasteiger partial charge in [-0.15, -0.1) is 0 Å². The average Bonchev–Trinajstić information content (AvgIpc) is 2.92. The molecule has 220 valence electrons. The fraction of sp³-hybridized carbons (Fsp3) is 0.286. The quantitative estimate of drug-likeness (QED) is 0.183. The van der Waals surface area contributed by atoms with Crippen LogP contribution in [0.5, 0.6) is 11.5 Å². The Balaban J connectivity index is 1.65. The van der Waals surface area contributed by atoms with Crippen molar-refractivity contribution in [3.8, 4) is 11.5 Å². The van der Waals surface area contributed by atoms with E-state index in [1.807, 2.05) is 6.92 Å². The zero-order valence-electron chi connectivity index (χ0n) is 22.6. The molecular weight excluding hydrogens is 613 g/mol. The molecule has 0 aromatic heterocycles. The third kappa shape index (κ3) is 8.42. The molecule has 0 aliphatic carbocycles. The second-order valence-electron chi connectivity index (χ2n) is 9.01. The first-order valence-electron chi connectivity index (χ1n) is 12.7. The summed E-state index contributed by atoms with van der Waals surface area (Å²) in [7, 11) is -3.44. The van der Waals surface area contributed by atoms with Crippen LogP contribution in [0.2, 0.25) is 15.1 Å². The maximum absolute atomic E-state index is 12.8. The minimum absolute atomic E-state index is 0.0197.